The zero-order chi connectivity index (χ0) is 13.2. The minimum absolute atomic E-state index is 0.229. The Bertz CT molecular complexity index is 652. The molecule has 2 heterocycles. The Morgan fingerprint density at radius 2 is 2.21 bits per heavy atom. The lowest BCUT2D eigenvalue weighted by atomic mass is 10.2. The normalized spacial score (nSPS) is 12.9. The molecule has 3 rings (SSSR count). The fourth-order valence-corrected chi connectivity index (χ4v) is 3.22. The first kappa shape index (κ1) is 12.3. The predicted molar refractivity (Wildman–Crippen MR) is 78.3 cm³/mol. The van der Waals surface area contributed by atoms with E-state index in [4.69, 9.17) is 4.98 Å². The Morgan fingerprint density at radius 3 is 2.89 bits per heavy atom. The number of likely N-dealkylation sites (N-methyl/N-ethyl adjacent to an activating group) is 1. The third kappa shape index (κ3) is 2.39. The summed E-state index contributed by atoms with van der Waals surface area (Å²) in [6.45, 7) is 0. The smallest absolute Gasteiger partial charge is 0.111 e. The number of aryl methyl sites for hydroxylation is 1. The first-order valence-corrected chi connectivity index (χ1v) is 7.07. The van der Waals surface area contributed by atoms with Crippen LogP contribution < -0.4 is 5.32 Å². The van der Waals surface area contributed by atoms with Gasteiger partial charge in [-0.05, 0) is 19.2 Å². The molecule has 1 aromatic carbocycles. The summed E-state index contributed by atoms with van der Waals surface area (Å²) in [4.78, 5) is 8.88. The van der Waals surface area contributed by atoms with E-state index in [1.165, 1.54) is 10.4 Å². The Hall–Kier alpha value is -1.72. The van der Waals surface area contributed by atoms with Crippen LogP contribution >= 0.6 is 11.3 Å². The lowest BCUT2D eigenvalue weighted by Gasteiger charge is -2.13. The van der Waals surface area contributed by atoms with Gasteiger partial charge in [-0.1, -0.05) is 12.1 Å². The van der Waals surface area contributed by atoms with E-state index in [2.05, 4.69) is 33.1 Å². The highest BCUT2D eigenvalue weighted by Gasteiger charge is 2.16. The zero-order valence-corrected chi connectivity index (χ0v) is 11.8. The number of imidazole rings is 1. The lowest BCUT2D eigenvalue weighted by molar-refractivity contribution is 0.571. The van der Waals surface area contributed by atoms with Crippen LogP contribution in [0, 0.1) is 0 Å². The van der Waals surface area contributed by atoms with Crippen molar-refractivity contribution in [3.05, 3.63) is 47.5 Å². The molecular weight excluding hydrogens is 256 g/mol. The molecule has 0 radical (unpaired) electrons. The summed E-state index contributed by atoms with van der Waals surface area (Å²) in [6.07, 6.45) is 4.64. The first-order chi connectivity index (χ1) is 9.28. The highest BCUT2D eigenvalue weighted by molar-refractivity contribution is 7.18. The van der Waals surface area contributed by atoms with Crippen molar-refractivity contribution >= 4 is 21.6 Å². The number of hydrogen-bond acceptors (Lipinski definition) is 4. The Labute approximate surface area is 116 Å². The predicted octanol–water partition coefficient (Wildman–Crippen LogP) is 2.53. The molecule has 98 valence electrons. The van der Waals surface area contributed by atoms with Crippen LogP contribution in [0.15, 0.2) is 36.8 Å². The molecule has 0 aliphatic carbocycles. The van der Waals surface area contributed by atoms with Crippen molar-refractivity contribution < 1.29 is 0 Å². The van der Waals surface area contributed by atoms with Gasteiger partial charge in [0.25, 0.3) is 0 Å². The van der Waals surface area contributed by atoms with E-state index in [0.29, 0.717) is 0 Å². The molecule has 4 nitrogen and oxygen atoms in total. The third-order valence-corrected chi connectivity index (χ3v) is 4.44. The highest BCUT2D eigenvalue weighted by Crippen LogP contribution is 2.27. The molecule has 0 aliphatic rings. The second kappa shape index (κ2) is 5.11. The number of hydrogen-bond donors (Lipinski definition) is 1. The summed E-state index contributed by atoms with van der Waals surface area (Å²) in [6, 6.07) is 8.49. The van der Waals surface area contributed by atoms with Gasteiger partial charge in [-0.15, -0.1) is 11.3 Å². The molecule has 0 saturated carbocycles. The van der Waals surface area contributed by atoms with Gasteiger partial charge in [0.2, 0.25) is 0 Å². The molecule has 0 saturated heterocycles. The lowest BCUT2D eigenvalue weighted by Crippen LogP contribution is -2.19. The van der Waals surface area contributed by atoms with Crippen LogP contribution in [0.5, 0.6) is 0 Å². The van der Waals surface area contributed by atoms with Gasteiger partial charge in [0, 0.05) is 25.4 Å². The van der Waals surface area contributed by atoms with Crippen LogP contribution in [0.25, 0.3) is 10.2 Å². The van der Waals surface area contributed by atoms with Crippen molar-refractivity contribution in [1.29, 1.82) is 0 Å². The molecule has 0 fully saturated rings. The van der Waals surface area contributed by atoms with Crippen molar-refractivity contribution in [3.63, 3.8) is 0 Å². The third-order valence-electron chi connectivity index (χ3n) is 3.29. The molecule has 5 heteroatoms. The van der Waals surface area contributed by atoms with E-state index in [-0.39, 0.29) is 6.04 Å². The molecule has 1 N–H and O–H groups in total. The van der Waals surface area contributed by atoms with E-state index in [9.17, 15) is 0 Å². The maximum absolute atomic E-state index is 4.72. The molecule has 19 heavy (non-hydrogen) atoms. The quantitative estimate of drug-likeness (QED) is 0.793. The number of nitrogens with zero attached hydrogens (tertiary/aromatic N) is 3. The molecule has 0 spiro atoms. The number of para-hydroxylation sites is 1. The van der Waals surface area contributed by atoms with Crippen molar-refractivity contribution in [3.8, 4) is 0 Å². The number of benzene rings is 1. The number of thiazole rings is 1. The van der Waals surface area contributed by atoms with E-state index < -0.39 is 0 Å². The van der Waals surface area contributed by atoms with Gasteiger partial charge in [-0.2, -0.15) is 0 Å². The number of rotatable bonds is 4. The zero-order valence-electron chi connectivity index (χ0n) is 11.0. The van der Waals surface area contributed by atoms with Crippen molar-refractivity contribution in [1.82, 2.24) is 19.9 Å². The molecular formula is C14H16N4S. The minimum atomic E-state index is 0.229. The minimum Gasteiger partial charge on any atom is -0.338 e. The Morgan fingerprint density at radius 1 is 1.37 bits per heavy atom. The van der Waals surface area contributed by atoms with Gasteiger partial charge >= 0.3 is 0 Å². The second-order valence-corrected chi connectivity index (χ2v) is 5.62. The van der Waals surface area contributed by atoms with Crippen LogP contribution in [0.4, 0.5) is 0 Å². The molecule has 1 atom stereocenters. The maximum atomic E-state index is 4.72. The van der Waals surface area contributed by atoms with Gasteiger partial charge in [0.05, 0.1) is 22.6 Å². The molecule has 3 aromatic rings. The topological polar surface area (TPSA) is 42.7 Å². The van der Waals surface area contributed by atoms with Gasteiger partial charge in [-0.25, -0.2) is 9.97 Å². The largest absolute Gasteiger partial charge is 0.338 e. The van der Waals surface area contributed by atoms with E-state index in [1.54, 1.807) is 11.3 Å². The van der Waals surface area contributed by atoms with Crippen LogP contribution in [0.2, 0.25) is 0 Å². The molecule has 2 aromatic heterocycles. The summed E-state index contributed by atoms with van der Waals surface area (Å²) in [5.41, 5.74) is 2.28. The monoisotopic (exact) mass is 272 g/mol. The average Bonchev–Trinajstić information content (AvgIpc) is 3.02. The summed E-state index contributed by atoms with van der Waals surface area (Å²) in [5.74, 6) is 0. The molecule has 1 unspecified atom stereocenters. The Kier molecular flexibility index (Phi) is 3.31. The Balaban J connectivity index is 1.91. The fourth-order valence-electron chi connectivity index (χ4n) is 2.14. The van der Waals surface area contributed by atoms with E-state index in [0.717, 1.165) is 16.9 Å². The van der Waals surface area contributed by atoms with Gasteiger partial charge in [0.1, 0.15) is 5.01 Å². The van der Waals surface area contributed by atoms with Crippen molar-refractivity contribution in [2.45, 2.75) is 12.5 Å². The summed E-state index contributed by atoms with van der Waals surface area (Å²) in [5, 5.41) is 4.48. The van der Waals surface area contributed by atoms with E-state index >= 15 is 0 Å². The second-order valence-electron chi connectivity index (χ2n) is 4.56. The fraction of sp³-hybridized carbons (Fsp3) is 0.286. The van der Waals surface area contributed by atoms with Crippen LogP contribution in [-0.4, -0.2) is 21.6 Å². The SMILES string of the molecule is CNC(Cc1cncn1C)c1nc2ccccc2s1. The molecule has 0 aliphatic heterocycles. The molecule has 0 amide bonds. The van der Waals surface area contributed by atoms with Gasteiger partial charge < -0.3 is 9.88 Å². The van der Waals surface area contributed by atoms with E-state index in [1.807, 2.05) is 32.7 Å². The van der Waals surface area contributed by atoms with Gasteiger partial charge in [-0.3, -0.25) is 0 Å². The van der Waals surface area contributed by atoms with Gasteiger partial charge in [0.15, 0.2) is 0 Å². The maximum Gasteiger partial charge on any atom is 0.111 e. The number of fused-ring (bicyclic) bond motifs is 1. The number of nitrogens with one attached hydrogen (secondary N) is 1. The summed E-state index contributed by atoms with van der Waals surface area (Å²) in [7, 11) is 4.00. The van der Waals surface area contributed by atoms with Crippen molar-refractivity contribution in [2.24, 2.45) is 7.05 Å². The van der Waals surface area contributed by atoms with Crippen LogP contribution in [-0.2, 0) is 13.5 Å². The van der Waals surface area contributed by atoms with Crippen molar-refractivity contribution in [2.75, 3.05) is 7.05 Å². The van der Waals surface area contributed by atoms with Crippen LogP contribution in [0.1, 0.15) is 16.7 Å². The summed E-state index contributed by atoms with van der Waals surface area (Å²) >= 11 is 1.75. The number of aromatic nitrogens is 3. The first-order valence-electron chi connectivity index (χ1n) is 6.26. The average molecular weight is 272 g/mol. The standard InChI is InChI=1S/C14H16N4S/c1-15-12(7-10-8-16-9-18(10)2)14-17-11-5-3-4-6-13(11)19-14/h3-6,8-9,12,15H,7H2,1-2H3. The summed E-state index contributed by atoms with van der Waals surface area (Å²) < 4.78 is 3.29. The van der Waals surface area contributed by atoms with Crippen LogP contribution in [0.3, 0.4) is 0 Å². The molecule has 0 bridgehead atoms. The highest BCUT2D eigenvalue weighted by atomic mass is 32.1.